The second-order valence-corrected chi connectivity index (χ2v) is 6.73. The van der Waals surface area contributed by atoms with Crippen LogP contribution < -0.4 is 11.1 Å². The molecule has 0 saturated carbocycles. The zero-order valence-electron chi connectivity index (χ0n) is 12.1. The monoisotopic (exact) mass is 362 g/mol. The molecule has 0 unspecified atom stereocenters. The van der Waals surface area contributed by atoms with Gasteiger partial charge < -0.3 is 5.73 Å². The van der Waals surface area contributed by atoms with Crippen LogP contribution in [0.4, 0.5) is 15.3 Å². The molecule has 1 amide bonds. The number of benzene rings is 1. The van der Waals surface area contributed by atoms with Crippen LogP contribution in [0.25, 0.3) is 0 Å². The van der Waals surface area contributed by atoms with Crippen molar-refractivity contribution < 1.29 is 9.18 Å². The molecule has 0 radical (unpaired) electrons. The summed E-state index contributed by atoms with van der Waals surface area (Å²) in [5, 5.41) is 10.8. The number of rotatable bonds is 5. The van der Waals surface area contributed by atoms with E-state index in [0.29, 0.717) is 15.2 Å². The van der Waals surface area contributed by atoms with Gasteiger partial charge in [-0.25, -0.2) is 14.4 Å². The highest BCUT2D eigenvalue weighted by Crippen LogP contribution is 2.28. The molecule has 3 N–H and O–H groups in total. The summed E-state index contributed by atoms with van der Waals surface area (Å²) in [6.07, 6.45) is 2.79. The van der Waals surface area contributed by atoms with Gasteiger partial charge in [0.1, 0.15) is 5.82 Å². The van der Waals surface area contributed by atoms with E-state index < -0.39 is 5.91 Å². The van der Waals surface area contributed by atoms with Gasteiger partial charge in [0, 0.05) is 18.1 Å². The topological polar surface area (TPSA) is 107 Å². The van der Waals surface area contributed by atoms with Crippen molar-refractivity contribution in [2.24, 2.45) is 0 Å². The van der Waals surface area contributed by atoms with E-state index >= 15 is 0 Å². The van der Waals surface area contributed by atoms with Gasteiger partial charge in [-0.05, 0) is 17.7 Å². The molecule has 122 valence electrons. The van der Waals surface area contributed by atoms with Gasteiger partial charge in [0.15, 0.2) is 15.9 Å². The number of amides is 1. The van der Waals surface area contributed by atoms with Crippen molar-refractivity contribution in [2.45, 2.75) is 10.1 Å². The second kappa shape index (κ2) is 7.32. The lowest BCUT2D eigenvalue weighted by molar-refractivity contribution is 0.102. The molecule has 3 rings (SSSR count). The first-order chi connectivity index (χ1) is 11.6. The Kier molecular flexibility index (Phi) is 4.96. The Morgan fingerprint density at radius 1 is 1.21 bits per heavy atom. The molecule has 0 aliphatic heterocycles. The summed E-state index contributed by atoms with van der Waals surface area (Å²) in [4.78, 5) is 19.8. The summed E-state index contributed by atoms with van der Waals surface area (Å²) >= 11 is 2.67. The van der Waals surface area contributed by atoms with Crippen LogP contribution in [0, 0.1) is 5.82 Å². The van der Waals surface area contributed by atoms with Crippen molar-refractivity contribution >= 4 is 40.0 Å². The number of carbonyl (C=O) groups excluding carboxylic acids is 1. The van der Waals surface area contributed by atoms with Gasteiger partial charge >= 0.3 is 0 Å². The quantitative estimate of drug-likeness (QED) is 0.531. The molecule has 0 atom stereocenters. The van der Waals surface area contributed by atoms with Crippen molar-refractivity contribution in [3.63, 3.8) is 0 Å². The van der Waals surface area contributed by atoms with Crippen molar-refractivity contribution in [3.8, 4) is 0 Å². The highest BCUT2D eigenvalue weighted by Gasteiger charge is 2.15. The molecule has 2 heterocycles. The van der Waals surface area contributed by atoms with Crippen molar-refractivity contribution in [1.82, 2.24) is 20.2 Å². The van der Waals surface area contributed by atoms with Crippen molar-refractivity contribution in [1.29, 1.82) is 0 Å². The van der Waals surface area contributed by atoms with Gasteiger partial charge in [0.25, 0.3) is 5.91 Å². The third-order valence-electron chi connectivity index (χ3n) is 2.84. The average Bonchev–Trinajstić information content (AvgIpc) is 3.02. The fourth-order valence-corrected chi connectivity index (χ4v) is 3.43. The molecule has 7 nitrogen and oxygen atoms in total. The SMILES string of the molecule is Nc1nccnc1C(=O)Nc1nnc(SCc2ccc(F)cc2)s1. The summed E-state index contributed by atoms with van der Waals surface area (Å²) in [7, 11) is 0. The van der Waals surface area contributed by atoms with Gasteiger partial charge in [-0.1, -0.05) is 35.2 Å². The Balaban J connectivity index is 1.60. The largest absolute Gasteiger partial charge is 0.382 e. The van der Waals surface area contributed by atoms with Crippen LogP contribution in [-0.4, -0.2) is 26.1 Å². The number of nitrogens with two attached hydrogens (primary N) is 1. The van der Waals surface area contributed by atoms with E-state index in [9.17, 15) is 9.18 Å². The van der Waals surface area contributed by atoms with Crippen LogP contribution in [0.1, 0.15) is 16.1 Å². The lowest BCUT2D eigenvalue weighted by Gasteiger charge is -2.01. The van der Waals surface area contributed by atoms with Crippen LogP contribution in [0.3, 0.4) is 0 Å². The van der Waals surface area contributed by atoms with E-state index in [-0.39, 0.29) is 17.3 Å². The first-order valence-corrected chi connectivity index (χ1v) is 8.50. The minimum atomic E-state index is -0.494. The average molecular weight is 362 g/mol. The Morgan fingerprint density at radius 2 is 1.96 bits per heavy atom. The fourth-order valence-electron chi connectivity index (χ4n) is 1.72. The summed E-state index contributed by atoms with van der Waals surface area (Å²) in [5.41, 5.74) is 6.61. The van der Waals surface area contributed by atoms with Gasteiger partial charge in [-0.2, -0.15) is 0 Å². The number of aromatic nitrogens is 4. The lowest BCUT2D eigenvalue weighted by atomic mass is 10.2. The molecular weight excluding hydrogens is 351 g/mol. The zero-order valence-corrected chi connectivity index (χ0v) is 13.8. The number of nitrogen functional groups attached to an aromatic ring is 1. The number of nitrogens with one attached hydrogen (secondary N) is 1. The molecule has 0 aliphatic carbocycles. The lowest BCUT2D eigenvalue weighted by Crippen LogP contribution is -2.16. The number of carbonyl (C=O) groups is 1. The van der Waals surface area contributed by atoms with E-state index in [4.69, 9.17) is 5.73 Å². The smallest absolute Gasteiger partial charge is 0.279 e. The van der Waals surface area contributed by atoms with E-state index in [2.05, 4.69) is 25.5 Å². The van der Waals surface area contributed by atoms with Crippen LogP contribution >= 0.6 is 23.1 Å². The maximum Gasteiger partial charge on any atom is 0.279 e. The number of nitrogens with zero attached hydrogens (tertiary/aromatic N) is 4. The van der Waals surface area contributed by atoms with Crippen LogP contribution in [0.15, 0.2) is 41.0 Å². The number of hydrogen-bond donors (Lipinski definition) is 2. The Hall–Kier alpha value is -2.59. The highest BCUT2D eigenvalue weighted by molar-refractivity contribution is 8.00. The maximum absolute atomic E-state index is 12.9. The zero-order chi connectivity index (χ0) is 16.9. The third-order valence-corrected chi connectivity index (χ3v) is 4.89. The van der Waals surface area contributed by atoms with Gasteiger partial charge in [-0.3, -0.25) is 10.1 Å². The van der Waals surface area contributed by atoms with Crippen LogP contribution in [0.5, 0.6) is 0 Å². The number of halogens is 1. The summed E-state index contributed by atoms with van der Waals surface area (Å²) in [5.74, 6) is -0.0924. The first-order valence-electron chi connectivity index (χ1n) is 6.70. The molecule has 1 aromatic carbocycles. The Morgan fingerprint density at radius 3 is 2.71 bits per heavy atom. The van der Waals surface area contributed by atoms with E-state index in [1.165, 1.54) is 47.6 Å². The fraction of sp³-hybridized carbons (Fsp3) is 0.0714. The number of hydrogen-bond acceptors (Lipinski definition) is 8. The van der Waals surface area contributed by atoms with Gasteiger partial charge in [0.05, 0.1) is 0 Å². The van der Waals surface area contributed by atoms with Gasteiger partial charge in [-0.15, -0.1) is 10.2 Å². The van der Waals surface area contributed by atoms with Crippen LogP contribution in [0.2, 0.25) is 0 Å². The molecule has 2 aromatic heterocycles. The van der Waals surface area contributed by atoms with Crippen molar-refractivity contribution in [3.05, 3.63) is 53.7 Å². The van der Waals surface area contributed by atoms with Crippen LogP contribution in [-0.2, 0) is 5.75 Å². The highest BCUT2D eigenvalue weighted by atomic mass is 32.2. The second-order valence-electron chi connectivity index (χ2n) is 4.53. The van der Waals surface area contributed by atoms with E-state index in [1.807, 2.05) is 0 Å². The molecule has 0 spiro atoms. The molecule has 0 fully saturated rings. The number of thioether (sulfide) groups is 1. The molecule has 0 bridgehead atoms. The Bertz CT molecular complexity index is 854. The summed E-state index contributed by atoms with van der Waals surface area (Å²) in [6.45, 7) is 0. The third kappa shape index (κ3) is 4.03. The maximum atomic E-state index is 12.9. The van der Waals surface area contributed by atoms with E-state index in [0.717, 1.165) is 5.56 Å². The van der Waals surface area contributed by atoms with E-state index in [1.54, 1.807) is 12.1 Å². The molecule has 0 saturated heterocycles. The molecule has 0 aliphatic rings. The first kappa shape index (κ1) is 16.3. The molecule has 3 aromatic rings. The summed E-state index contributed by atoms with van der Waals surface area (Å²) < 4.78 is 13.5. The predicted molar refractivity (Wildman–Crippen MR) is 90.3 cm³/mol. The predicted octanol–water partition coefficient (Wildman–Crippen LogP) is 2.59. The van der Waals surface area contributed by atoms with Gasteiger partial charge in [0.2, 0.25) is 5.13 Å². The molecule has 24 heavy (non-hydrogen) atoms. The molecular formula is C14H11FN6OS2. The minimum Gasteiger partial charge on any atom is -0.382 e. The number of anilines is 2. The minimum absolute atomic E-state index is 0.0354. The Labute approximate surface area is 144 Å². The molecule has 10 heteroatoms. The normalized spacial score (nSPS) is 10.5. The summed E-state index contributed by atoms with van der Waals surface area (Å²) in [6, 6.07) is 6.24. The van der Waals surface area contributed by atoms with Crippen molar-refractivity contribution in [2.75, 3.05) is 11.1 Å². The standard InChI is InChI=1S/C14H11FN6OS2/c15-9-3-1-8(2-4-9)7-23-14-21-20-13(24-14)19-12(22)10-11(16)18-6-5-17-10/h1-6H,7H2,(H2,16,18)(H,19,20,22).